The third kappa shape index (κ3) is 3.74. The van der Waals surface area contributed by atoms with Gasteiger partial charge in [0.2, 0.25) is 5.95 Å². The van der Waals surface area contributed by atoms with Crippen LogP contribution < -0.4 is 5.32 Å². The normalized spacial score (nSPS) is 10.7. The average Bonchev–Trinajstić information content (AvgIpc) is 2.70. The number of hydrogen-bond donors (Lipinski definition) is 1. The number of nitrogens with zero attached hydrogens (tertiary/aromatic N) is 2. The van der Waals surface area contributed by atoms with Crippen molar-refractivity contribution in [3.05, 3.63) is 39.6 Å². The molecule has 5 heteroatoms. The molecule has 0 bridgehead atoms. The number of unbranched alkanes of at least 4 members (excludes halogenated alkanes) is 1. The summed E-state index contributed by atoms with van der Waals surface area (Å²) in [6, 6.07) is 5.77. The van der Waals surface area contributed by atoms with Crippen molar-refractivity contribution in [2.45, 2.75) is 33.2 Å². The highest BCUT2D eigenvalue weighted by Crippen LogP contribution is 2.28. The van der Waals surface area contributed by atoms with Gasteiger partial charge in [-0.25, -0.2) is 4.98 Å². The predicted octanol–water partition coefficient (Wildman–Crippen LogP) is 5.15. The van der Waals surface area contributed by atoms with Crippen LogP contribution in [0.2, 0.25) is 5.02 Å². The molecule has 0 atom stereocenters. The molecule has 0 radical (unpaired) electrons. The van der Waals surface area contributed by atoms with Crippen LogP contribution in [-0.4, -0.2) is 9.55 Å². The van der Waals surface area contributed by atoms with Gasteiger partial charge in [0.25, 0.3) is 0 Å². The van der Waals surface area contributed by atoms with Gasteiger partial charge in [0, 0.05) is 17.2 Å². The lowest BCUT2D eigenvalue weighted by Gasteiger charge is -2.10. The number of benzene rings is 1. The fourth-order valence-electron chi connectivity index (χ4n) is 1.86. The molecule has 2 rings (SSSR count). The van der Waals surface area contributed by atoms with Gasteiger partial charge < -0.3 is 9.88 Å². The molecule has 0 spiro atoms. The van der Waals surface area contributed by atoms with E-state index in [9.17, 15) is 0 Å². The molecule has 0 unspecified atom stereocenters. The zero-order chi connectivity index (χ0) is 13.8. The van der Waals surface area contributed by atoms with E-state index >= 15 is 0 Å². The van der Waals surface area contributed by atoms with E-state index in [0.29, 0.717) is 5.02 Å². The van der Waals surface area contributed by atoms with Crippen LogP contribution in [0.15, 0.2) is 28.9 Å². The molecule has 1 N–H and O–H groups in total. The van der Waals surface area contributed by atoms with Crippen molar-refractivity contribution in [2.75, 3.05) is 5.32 Å². The highest BCUT2D eigenvalue weighted by atomic mass is 79.9. The summed E-state index contributed by atoms with van der Waals surface area (Å²) in [5.74, 6) is 0.843. The number of rotatable bonds is 5. The average molecular weight is 343 g/mol. The van der Waals surface area contributed by atoms with Crippen LogP contribution in [0.4, 0.5) is 11.6 Å². The topological polar surface area (TPSA) is 29.9 Å². The van der Waals surface area contributed by atoms with Crippen molar-refractivity contribution in [3.63, 3.8) is 0 Å². The summed E-state index contributed by atoms with van der Waals surface area (Å²) in [5.41, 5.74) is 1.88. The van der Waals surface area contributed by atoms with Crippen molar-refractivity contribution in [1.82, 2.24) is 9.55 Å². The van der Waals surface area contributed by atoms with E-state index in [1.165, 1.54) is 0 Å². The van der Waals surface area contributed by atoms with Crippen LogP contribution in [0.3, 0.4) is 0 Å². The Morgan fingerprint density at radius 3 is 2.89 bits per heavy atom. The molecule has 0 aliphatic heterocycles. The Morgan fingerprint density at radius 1 is 1.42 bits per heavy atom. The monoisotopic (exact) mass is 341 g/mol. The molecule has 19 heavy (non-hydrogen) atoms. The highest BCUT2D eigenvalue weighted by Gasteiger charge is 2.08. The maximum Gasteiger partial charge on any atom is 0.207 e. The van der Waals surface area contributed by atoms with Crippen molar-refractivity contribution in [1.29, 1.82) is 0 Å². The Labute approximate surface area is 127 Å². The van der Waals surface area contributed by atoms with Crippen molar-refractivity contribution in [3.8, 4) is 0 Å². The second-order valence-corrected chi connectivity index (χ2v) is 5.82. The lowest BCUT2D eigenvalue weighted by molar-refractivity contribution is 0.637. The Hall–Kier alpha value is -1.000. The lowest BCUT2D eigenvalue weighted by atomic mass is 10.3. The third-order valence-corrected chi connectivity index (χ3v) is 3.63. The third-order valence-electron chi connectivity index (χ3n) is 2.83. The van der Waals surface area contributed by atoms with Crippen molar-refractivity contribution >= 4 is 39.2 Å². The molecule has 1 heterocycles. The van der Waals surface area contributed by atoms with E-state index in [1.54, 1.807) is 0 Å². The number of aryl methyl sites for hydroxylation is 2. The Morgan fingerprint density at radius 2 is 2.21 bits per heavy atom. The first-order valence-electron chi connectivity index (χ1n) is 6.36. The Kier molecular flexibility index (Phi) is 4.88. The molecule has 0 aliphatic rings. The van der Waals surface area contributed by atoms with E-state index in [4.69, 9.17) is 11.6 Å². The van der Waals surface area contributed by atoms with Gasteiger partial charge in [-0.2, -0.15) is 0 Å². The zero-order valence-electron chi connectivity index (χ0n) is 11.1. The summed E-state index contributed by atoms with van der Waals surface area (Å²) >= 11 is 9.61. The minimum Gasteiger partial charge on any atom is -0.324 e. The Bertz CT molecular complexity index is 566. The lowest BCUT2D eigenvalue weighted by Crippen LogP contribution is -2.03. The number of hydrogen-bond acceptors (Lipinski definition) is 2. The van der Waals surface area contributed by atoms with Crippen LogP contribution in [0, 0.1) is 6.92 Å². The molecule has 2 aromatic rings. The largest absolute Gasteiger partial charge is 0.324 e. The molecular weight excluding hydrogens is 326 g/mol. The maximum absolute atomic E-state index is 6.21. The zero-order valence-corrected chi connectivity index (χ0v) is 13.4. The fraction of sp³-hybridized carbons (Fsp3) is 0.357. The standard InChI is InChI=1S/C14H17BrClN3/c1-3-4-7-19-9-10(2)17-14(19)18-13-6-5-11(15)8-12(13)16/h5-6,8-9H,3-4,7H2,1-2H3,(H,17,18). The smallest absolute Gasteiger partial charge is 0.207 e. The van der Waals surface area contributed by atoms with Gasteiger partial charge in [0.1, 0.15) is 0 Å². The molecule has 3 nitrogen and oxygen atoms in total. The molecule has 0 saturated carbocycles. The van der Waals surface area contributed by atoms with Crippen LogP contribution >= 0.6 is 27.5 Å². The van der Waals surface area contributed by atoms with Gasteiger partial charge in [-0.3, -0.25) is 0 Å². The molecule has 1 aromatic heterocycles. The first kappa shape index (κ1) is 14.4. The van der Waals surface area contributed by atoms with Gasteiger partial charge in [-0.1, -0.05) is 40.9 Å². The number of halogens is 2. The first-order valence-corrected chi connectivity index (χ1v) is 7.53. The number of anilines is 2. The van der Waals surface area contributed by atoms with E-state index in [1.807, 2.05) is 25.1 Å². The fourth-order valence-corrected chi connectivity index (χ4v) is 2.58. The van der Waals surface area contributed by atoms with Crippen LogP contribution in [-0.2, 0) is 6.54 Å². The summed E-state index contributed by atoms with van der Waals surface area (Å²) in [7, 11) is 0. The molecule has 0 saturated heterocycles. The number of aromatic nitrogens is 2. The summed E-state index contributed by atoms with van der Waals surface area (Å²) in [5, 5.41) is 3.97. The van der Waals surface area contributed by atoms with Crippen LogP contribution in [0.1, 0.15) is 25.5 Å². The summed E-state index contributed by atoms with van der Waals surface area (Å²) in [6.45, 7) is 5.15. The van der Waals surface area contributed by atoms with Gasteiger partial charge in [-0.15, -0.1) is 0 Å². The van der Waals surface area contributed by atoms with Gasteiger partial charge in [-0.05, 0) is 31.5 Å². The molecule has 1 aromatic carbocycles. The molecule has 0 amide bonds. The quantitative estimate of drug-likeness (QED) is 0.814. The molecule has 0 fully saturated rings. The van der Waals surface area contributed by atoms with E-state index in [2.05, 4.69) is 43.9 Å². The van der Waals surface area contributed by atoms with E-state index in [-0.39, 0.29) is 0 Å². The van der Waals surface area contributed by atoms with Crippen molar-refractivity contribution < 1.29 is 0 Å². The molecule has 102 valence electrons. The minimum atomic E-state index is 0.678. The SMILES string of the molecule is CCCCn1cc(C)nc1Nc1ccc(Br)cc1Cl. The first-order chi connectivity index (χ1) is 9.10. The van der Waals surface area contributed by atoms with Crippen LogP contribution in [0.25, 0.3) is 0 Å². The van der Waals surface area contributed by atoms with E-state index in [0.717, 1.165) is 41.2 Å². The minimum absolute atomic E-state index is 0.678. The van der Waals surface area contributed by atoms with Gasteiger partial charge in [0.15, 0.2) is 0 Å². The second kappa shape index (κ2) is 6.44. The van der Waals surface area contributed by atoms with Crippen LogP contribution in [0.5, 0.6) is 0 Å². The maximum atomic E-state index is 6.21. The summed E-state index contributed by atoms with van der Waals surface area (Å²) in [6.07, 6.45) is 4.36. The summed E-state index contributed by atoms with van der Waals surface area (Å²) in [4.78, 5) is 4.50. The molecular formula is C14H17BrClN3. The van der Waals surface area contributed by atoms with E-state index < -0.39 is 0 Å². The second-order valence-electron chi connectivity index (χ2n) is 4.50. The Balaban J connectivity index is 2.22. The number of nitrogens with one attached hydrogen (secondary N) is 1. The highest BCUT2D eigenvalue weighted by molar-refractivity contribution is 9.10. The number of imidazole rings is 1. The summed E-state index contributed by atoms with van der Waals surface area (Å²) < 4.78 is 3.10. The van der Waals surface area contributed by atoms with Crippen molar-refractivity contribution in [2.24, 2.45) is 0 Å². The predicted molar refractivity (Wildman–Crippen MR) is 84.3 cm³/mol. The van der Waals surface area contributed by atoms with Gasteiger partial charge in [0.05, 0.1) is 16.4 Å². The van der Waals surface area contributed by atoms with Gasteiger partial charge >= 0.3 is 0 Å². The molecule has 0 aliphatic carbocycles.